The Morgan fingerprint density at radius 3 is 2.16 bits per heavy atom. The molecule has 38 heavy (non-hydrogen) atoms. The van der Waals surface area contributed by atoms with Gasteiger partial charge in [0.15, 0.2) is 0 Å². The summed E-state index contributed by atoms with van der Waals surface area (Å²) in [5.74, 6) is -0.784. The van der Waals surface area contributed by atoms with Gasteiger partial charge in [0, 0.05) is 13.1 Å². The van der Waals surface area contributed by atoms with E-state index in [-0.39, 0.29) is 28.1 Å². The summed E-state index contributed by atoms with van der Waals surface area (Å²) in [7, 11) is -4.15. The molecule has 3 rings (SSSR count). The van der Waals surface area contributed by atoms with Crippen LogP contribution >= 0.6 is 11.6 Å². The summed E-state index contributed by atoms with van der Waals surface area (Å²) in [6.07, 6.45) is 1.12. The minimum absolute atomic E-state index is 0.0329. The van der Waals surface area contributed by atoms with Gasteiger partial charge in [0.25, 0.3) is 10.0 Å². The van der Waals surface area contributed by atoms with Crippen LogP contribution in [-0.2, 0) is 26.2 Å². The third-order valence-corrected chi connectivity index (χ3v) is 8.23. The van der Waals surface area contributed by atoms with Crippen LogP contribution in [0.15, 0.2) is 83.8 Å². The van der Waals surface area contributed by atoms with Gasteiger partial charge >= 0.3 is 0 Å². The summed E-state index contributed by atoms with van der Waals surface area (Å²) in [4.78, 5) is 28.5. The second-order valence-electron chi connectivity index (χ2n) is 9.00. The van der Waals surface area contributed by atoms with E-state index in [2.05, 4.69) is 5.32 Å². The Hall–Kier alpha value is -3.36. The van der Waals surface area contributed by atoms with E-state index in [1.165, 1.54) is 17.0 Å². The van der Waals surface area contributed by atoms with Crippen molar-refractivity contribution in [2.24, 2.45) is 0 Å². The fraction of sp³-hybridized carbons (Fsp3) is 0.310. The van der Waals surface area contributed by atoms with E-state index >= 15 is 0 Å². The SMILES string of the molecule is CCCNC(=O)[C@H](CC)N(Cc1ccc(C)cc1)C(=O)CN(c1ccccc1Cl)S(=O)(=O)c1ccccc1. The molecule has 0 saturated heterocycles. The fourth-order valence-electron chi connectivity index (χ4n) is 4.06. The zero-order chi connectivity index (χ0) is 27.7. The van der Waals surface area contributed by atoms with Crippen LogP contribution in [0.3, 0.4) is 0 Å². The van der Waals surface area contributed by atoms with Crippen LogP contribution in [0.4, 0.5) is 5.69 Å². The largest absolute Gasteiger partial charge is 0.354 e. The molecule has 0 aliphatic heterocycles. The Balaban J connectivity index is 2.04. The second kappa shape index (κ2) is 13.4. The van der Waals surface area contributed by atoms with Crippen molar-refractivity contribution in [1.29, 1.82) is 0 Å². The van der Waals surface area contributed by atoms with Gasteiger partial charge in [-0.05, 0) is 49.6 Å². The van der Waals surface area contributed by atoms with Gasteiger partial charge < -0.3 is 10.2 Å². The number of carbonyl (C=O) groups excluding carboxylic acids is 2. The van der Waals surface area contributed by atoms with Gasteiger partial charge in [-0.2, -0.15) is 0 Å². The van der Waals surface area contributed by atoms with Crippen molar-refractivity contribution in [3.63, 3.8) is 0 Å². The number of nitrogens with zero attached hydrogens (tertiary/aromatic N) is 2. The number of anilines is 1. The minimum Gasteiger partial charge on any atom is -0.354 e. The van der Waals surface area contributed by atoms with Crippen molar-refractivity contribution >= 4 is 39.1 Å². The van der Waals surface area contributed by atoms with Gasteiger partial charge in [-0.1, -0.05) is 85.6 Å². The molecule has 2 amide bonds. The van der Waals surface area contributed by atoms with Gasteiger partial charge in [-0.3, -0.25) is 13.9 Å². The molecule has 0 aliphatic rings. The van der Waals surface area contributed by atoms with Crippen LogP contribution in [0.1, 0.15) is 37.8 Å². The fourth-order valence-corrected chi connectivity index (χ4v) is 5.80. The van der Waals surface area contributed by atoms with Gasteiger partial charge in [0.2, 0.25) is 11.8 Å². The number of nitrogens with one attached hydrogen (secondary N) is 1. The molecule has 0 radical (unpaired) electrons. The lowest BCUT2D eigenvalue weighted by Crippen LogP contribution is -2.52. The number of hydrogen-bond donors (Lipinski definition) is 1. The normalized spacial score (nSPS) is 12.0. The number of para-hydroxylation sites is 1. The molecule has 3 aromatic carbocycles. The highest BCUT2D eigenvalue weighted by molar-refractivity contribution is 7.92. The van der Waals surface area contributed by atoms with Gasteiger partial charge in [0.05, 0.1) is 15.6 Å². The van der Waals surface area contributed by atoms with Crippen molar-refractivity contribution in [3.05, 3.63) is 95.0 Å². The van der Waals surface area contributed by atoms with Crippen molar-refractivity contribution in [3.8, 4) is 0 Å². The zero-order valence-electron chi connectivity index (χ0n) is 21.9. The third kappa shape index (κ3) is 7.14. The summed E-state index contributed by atoms with van der Waals surface area (Å²) in [5, 5.41) is 3.07. The molecule has 0 aromatic heterocycles. The number of carbonyl (C=O) groups is 2. The maximum absolute atomic E-state index is 14.0. The highest BCUT2D eigenvalue weighted by Gasteiger charge is 2.34. The maximum Gasteiger partial charge on any atom is 0.264 e. The average molecular weight is 556 g/mol. The summed E-state index contributed by atoms with van der Waals surface area (Å²) in [5.41, 5.74) is 2.09. The van der Waals surface area contributed by atoms with Crippen LogP contribution < -0.4 is 9.62 Å². The van der Waals surface area contributed by atoms with Crippen LogP contribution in [0.5, 0.6) is 0 Å². The van der Waals surface area contributed by atoms with E-state index in [9.17, 15) is 18.0 Å². The molecule has 7 nitrogen and oxygen atoms in total. The molecule has 0 fully saturated rings. The number of benzene rings is 3. The molecule has 3 aromatic rings. The maximum atomic E-state index is 14.0. The first kappa shape index (κ1) is 29.2. The lowest BCUT2D eigenvalue weighted by atomic mass is 10.1. The van der Waals surface area contributed by atoms with E-state index in [4.69, 9.17) is 11.6 Å². The molecular formula is C29H34ClN3O4S. The van der Waals surface area contributed by atoms with Crippen LogP contribution in [-0.4, -0.2) is 44.3 Å². The quantitative estimate of drug-likeness (QED) is 0.334. The topological polar surface area (TPSA) is 86.8 Å². The molecule has 0 unspecified atom stereocenters. The van der Waals surface area contributed by atoms with Gasteiger partial charge in [-0.25, -0.2) is 8.42 Å². The Bertz CT molecular complexity index is 1330. The van der Waals surface area contributed by atoms with Crippen molar-refractivity contribution in [1.82, 2.24) is 10.2 Å². The molecule has 0 heterocycles. The molecule has 1 atom stereocenters. The highest BCUT2D eigenvalue weighted by atomic mass is 35.5. The molecule has 1 N–H and O–H groups in total. The first-order valence-electron chi connectivity index (χ1n) is 12.6. The lowest BCUT2D eigenvalue weighted by molar-refractivity contribution is -0.140. The van der Waals surface area contributed by atoms with E-state index < -0.39 is 28.5 Å². The average Bonchev–Trinajstić information content (AvgIpc) is 2.92. The molecule has 0 aliphatic carbocycles. The van der Waals surface area contributed by atoms with E-state index in [1.54, 1.807) is 42.5 Å². The lowest BCUT2D eigenvalue weighted by Gasteiger charge is -2.33. The number of sulfonamides is 1. The Kier molecular flexibility index (Phi) is 10.3. The van der Waals surface area contributed by atoms with Crippen LogP contribution in [0.2, 0.25) is 5.02 Å². The molecule has 0 spiro atoms. The van der Waals surface area contributed by atoms with Crippen molar-refractivity contribution < 1.29 is 18.0 Å². The van der Waals surface area contributed by atoms with E-state index in [0.29, 0.717) is 13.0 Å². The second-order valence-corrected chi connectivity index (χ2v) is 11.3. The van der Waals surface area contributed by atoms with E-state index in [0.717, 1.165) is 21.9 Å². The summed E-state index contributed by atoms with van der Waals surface area (Å²) < 4.78 is 28.6. The molecule has 202 valence electrons. The highest BCUT2D eigenvalue weighted by Crippen LogP contribution is 2.30. The van der Waals surface area contributed by atoms with Crippen molar-refractivity contribution in [2.45, 2.75) is 51.1 Å². The Morgan fingerprint density at radius 2 is 1.55 bits per heavy atom. The Labute approximate surface area is 230 Å². The summed E-state index contributed by atoms with van der Waals surface area (Å²) >= 11 is 6.42. The van der Waals surface area contributed by atoms with Gasteiger partial charge in [-0.15, -0.1) is 0 Å². The molecule has 0 saturated carbocycles. The summed E-state index contributed by atoms with van der Waals surface area (Å²) in [6.45, 7) is 5.86. The number of halogens is 1. The number of amides is 2. The predicted molar refractivity (Wildman–Crippen MR) is 152 cm³/mol. The summed E-state index contributed by atoms with van der Waals surface area (Å²) in [6, 6.07) is 21.3. The third-order valence-electron chi connectivity index (χ3n) is 6.14. The predicted octanol–water partition coefficient (Wildman–Crippen LogP) is 5.18. The van der Waals surface area contributed by atoms with E-state index in [1.807, 2.05) is 45.0 Å². The van der Waals surface area contributed by atoms with Crippen LogP contribution in [0, 0.1) is 6.92 Å². The zero-order valence-corrected chi connectivity index (χ0v) is 23.5. The first-order valence-corrected chi connectivity index (χ1v) is 14.5. The van der Waals surface area contributed by atoms with Gasteiger partial charge in [0.1, 0.15) is 12.6 Å². The Morgan fingerprint density at radius 1 is 0.921 bits per heavy atom. The number of hydrogen-bond acceptors (Lipinski definition) is 4. The molecule has 0 bridgehead atoms. The number of rotatable bonds is 12. The number of aryl methyl sites for hydroxylation is 1. The standard InChI is InChI=1S/C29H34ClN3O4S/c1-4-19-31-29(35)26(5-2)32(20-23-17-15-22(3)16-18-23)28(34)21-33(27-14-10-9-13-25(27)30)38(36,37)24-11-7-6-8-12-24/h6-18,26H,4-5,19-21H2,1-3H3,(H,31,35)/t26-/m0/s1. The van der Waals surface area contributed by atoms with Crippen molar-refractivity contribution in [2.75, 3.05) is 17.4 Å². The molecular weight excluding hydrogens is 522 g/mol. The minimum atomic E-state index is -4.15. The molecule has 9 heteroatoms. The first-order chi connectivity index (χ1) is 18.2. The van der Waals surface area contributed by atoms with Crippen LogP contribution in [0.25, 0.3) is 0 Å². The smallest absolute Gasteiger partial charge is 0.264 e. The monoisotopic (exact) mass is 555 g/mol.